The fraction of sp³-hybridized carbons (Fsp3) is 0.603. The Morgan fingerprint density at radius 2 is 0.785 bits per heavy atom. The van der Waals surface area contributed by atoms with Crippen molar-refractivity contribution in [3.63, 3.8) is 0 Å². The lowest BCUT2D eigenvalue weighted by atomic mass is 9.89. The number of ketones is 1. The maximum atomic E-state index is 14.4. The van der Waals surface area contributed by atoms with Crippen LogP contribution in [0.5, 0.6) is 0 Å². The highest BCUT2D eigenvalue weighted by atomic mass is 16.4. The molecule has 1 aliphatic rings. The van der Waals surface area contributed by atoms with Crippen LogP contribution in [-0.2, 0) is 70.4 Å². The predicted molar refractivity (Wildman–Crippen MR) is 337 cm³/mol. The average Bonchev–Trinajstić information content (AvgIpc) is 1.16. The van der Waals surface area contributed by atoms with Crippen LogP contribution in [0.15, 0.2) is 60.7 Å². The molecule has 1 fully saturated rings. The minimum absolute atomic E-state index is 0.0283. The van der Waals surface area contributed by atoms with Gasteiger partial charge in [0.05, 0.1) is 32.2 Å². The molecule has 0 aromatic heterocycles. The van der Waals surface area contributed by atoms with E-state index in [1.807, 2.05) is 0 Å². The van der Waals surface area contributed by atoms with Crippen molar-refractivity contribution in [1.82, 2.24) is 56.8 Å². The molecule has 0 bridgehead atoms. The molecule has 7 amide bonds. The summed E-state index contributed by atoms with van der Waals surface area (Å²) in [5.74, 6) is -10.6. The van der Waals surface area contributed by atoms with Crippen molar-refractivity contribution >= 4 is 77.2 Å². The summed E-state index contributed by atoms with van der Waals surface area (Å²) in [6.07, 6.45) is 4.83. The van der Waals surface area contributed by atoms with Crippen molar-refractivity contribution in [2.24, 2.45) is 5.92 Å². The Kier molecular flexibility index (Phi) is 38.6. The number of amides is 7. The van der Waals surface area contributed by atoms with Crippen LogP contribution >= 0.6 is 0 Å². The quantitative estimate of drug-likeness (QED) is 0.0404. The number of carboxylic acids is 6. The highest BCUT2D eigenvalue weighted by Crippen LogP contribution is 2.18. The van der Waals surface area contributed by atoms with Gasteiger partial charge in [0.25, 0.3) is 0 Å². The van der Waals surface area contributed by atoms with Crippen LogP contribution < -0.4 is 37.2 Å². The SMILES string of the molecule is O=C(O)CC[C@H](NC(=O)NCCCCCNC(=O)CCCCCCC(=O)NCCCCC(NC(=O)C(CC(=O)C(Cc1ccccc1)NC(=O)CCNC(=O)CN1CCN(CC(=O)O)CCN(CC(=O)O)CCN(CC(=O)O)CC1)Cc1ccccc1)C(=O)O)C(=O)O. The van der Waals surface area contributed by atoms with E-state index in [0.29, 0.717) is 69.0 Å². The van der Waals surface area contributed by atoms with Gasteiger partial charge in [-0.05, 0) is 81.8 Å². The third kappa shape index (κ3) is 37.5. The van der Waals surface area contributed by atoms with Crippen molar-refractivity contribution < 1.29 is 93.0 Å². The number of nitrogens with one attached hydrogen (secondary N) is 7. The Morgan fingerprint density at radius 1 is 0.366 bits per heavy atom. The number of nitrogens with zero attached hydrogens (tertiary/aromatic N) is 4. The standard InChI is InChI=1S/C63H95N11O19/c75-51(50(39-46-18-8-4-9-19-46)68-54(78)25-29-66-55(79)41-71-30-32-72(42-57(82)83)34-36-74(44-59(86)87)37-35-73(33-31-71)43-58(84)85)40-47(38-45-16-6-3-7-17-45)60(88)69-48(61(89)90)20-12-15-27-65-53(77)22-11-2-1-10-21-52(76)64-26-13-5-14-28-67-63(93)70-49(62(91)92)23-24-56(80)81/h3-4,6-9,16-19,47-50H,1-2,5,10-15,20-44H2,(H,64,76)(H,65,77)(H,66,79)(H,68,78)(H,69,88)(H,80,81)(H,82,83)(H,84,85)(H,86,87)(H,89,90)(H,91,92)(H2,67,70,93)/t47?,48?,49-,50?/m0/s1. The highest BCUT2D eigenvalue weighted by Gasteiger charge is 2.31. The maximum absolute atomic E-state index is 14.4. The first kappa shape index (κ1) is 78.6. The second kappa shape index (κ2) is 45.6. The summed E-state index contributed by atoms with van der Waals surface area (Å²) >= 11 is 0. The zero-order valence-electron chi connectivity index (χ0n) is 52.9. The van der Waals surface area contributed by atoms with Gasteiger partial charge in [0.1, 0.15) is 12.1 Å². The Morgan fingerprint density at radius 3 is 1.25 bits per heavy atom. The van der Waals surface area contributed by atoms with Gasteiger partial charge in [0.2, 0.25) is 29.5 Å². The molecule has 1 heterocycles. The van der Waals surface area contributed by atoms with E-state index in [1.54, 1.807) is 80.3 Å². The van der Waals surface area contributed by atoms with Crippen LogP contribution in [-0.4, -0.2) is 250 Å². The Hall–Kier alpha value is -8.61. The molecule has 1 saturated heterocycles. The molecule has 30 heteroatoms. The molecular weight excluding hydrogens is 1210 g/mol. The third-order valence-electron chi connectivity index (χ3n) is 15.3. The summed E-state index contributed by atoms with van der Waals surface area (Å²) in [5, 5.41) is 75.3. The van der Waals surface area contributed by atoms with Gasteiger partial charge >= 0.3 is 41.8 Å². The summed E-state index contributed by atoms with van der Waals surface area (Å²) in [5.41, 5.74) is 1.41. The average molecular weight is 1310 g/mol. The number of aliphatic carboxylic acids is 6. The predicted octanol–water partition coefficient (Wildman–Crippen LogP) is 0.614. The minimum atomic E-state index is -1.33. The smallest absolute Gasteiger partial charge is 0.326 e. The lowest BCUT2D eigenvalue weighted by Gasteiger charge is -2.32. The van der Waals surface area contributed by atoms with Crippen molar-refractivity contribution in [3.05, 3.63) is 71.8 Å². The zero-order chi connectivity index (χ0) is 68.3. The first-order chi connectivity index (χ1) is 44.4. The van der Waals surface area contributed by atoms with Crippen LogP contribution in [0, 0.1) is 5.92 Å². The molecule has 1 aliphatic heterocycles. The van der Waals surface area contributed by atoms with Crippen LogP contribution in [0.1, 0.15) is 114 Å². The number of unbranched alkanes of at least 4 members (excludes halogenated alkanes) is 6. The fourth-order valence-corrected chi connectivity index (χ4v) is 10.2. The molecule has 0 spiro atoms. The second-order valence-corrected chi connectivity index (χ2v) is 23.0. The fourth-order valence-electron chi connectivity index (χ4n) is 10.2. The number of urea groups is 1. The second-order valence-electron chi connectivity index (χ2n) is 23.0. The molecule has 30 nitrogen and oxygen atoms in total. The number of rotatable bonds is 45. The van der Waals surface area contributed by atoms with Crippen molar-refractivity contribution in [1.29, 1.82) is 0 Å². The maximum Gasteiger partial charge on any atom is 0.326 e. The molecule has 2 aromatic carbocycles. The number of Topliss-reactive ketones (excluding diaryl/α,β-unsaturated/α-hetero) is 1. The van der Waals surface area contributed by atoms with Crippen LogP contribution in [0.4, 0.5) is 4.79 Å². The van der Waals surface area contributed by atoms with E-state index in [-0.39, 0.29) is 155 Å². The summed E-state index contributed by atoms with van der Waals surface area (Å²) in [6.45, 7) is 1.27. The molecule has 516 valence electrons. The number of hydrogen-bond acceptors (Lipinski definition) is 17. The van der Waals surface area contributed by atoms with E-state index in [2.05, 4.69) is 37.2 Å². The topological polar surface area (TPSA) is 440 Å². The van der Waals surface area contributed by atoms with Gasteiger partial charge in [-0.3, -0.25) is 67.5 Å². The number of hydrogen-bond donors (Lipinski definition) is 13. The molecule has 3 unspecified atom stereocenters. The summed E-state index contributed by atoms with van der Waals surface area (Å²) < 4.78 is 0. The van der Waals surface area contributed by atoms with Gasteiger partial charge in [-0.2, -0.15) is 0 Å². The number of carboxylic acid groups (broad SMARTS) is 6. The number of carbonyl (C=O) groups excluding carboxylic acids is 7. The normalized spacial score (nSPS) is 14.8. The first-order valence-corrected chi connectivity index (χ1v) is 31.7. The van der Waals surface area contributed by atoms with Crippen LogP contribution in [0.25, 0.3) is 0 Å². The zero-order valence-corrected chi connectivity index (χ0v) is 52.9. The lowest BCUT2D eigenvalue weighted by molar-refractivity contribution is -0.143. The summed E-state index contributed by atoms with van der Waals surface area (Å²) in [7, 11) is 0. The molecule has 2 aromatic rings. The van der Waals surface area contributed by atoms with Crippen LogP contribution in [0.2, 0.25) is 0 Å². The molecule has 0 radical (unpaired) electrons. The molecule has 0 saturated carbocycles. The van der Waals surface area contributed by atoms with Gasteiger partial charge in [-0.1, -0.05) is 73.5 Å². The van der Waals surface area contributed by atoms with Gasteiger partial charge in [-0.25, -0.2) is 14.4 Å². The van der Waals surface area contributed by atoms with Crippen molar-refractivity contribution in [2.75, 3.05) is 105 Å². The summed E-state index contributed by atoms with van der Waals surface area (Å²) in [4.78, 5) is 168. The Labute approximate surface area is 541 Å². The molecular formula is C63H95N11O19. The molecule has 3 rings (SSSR count). The largest absolute Gasteiger partial charge is 0.481 e. The van der Waals surface area contributed by atoms with Gasteiger partial charge in [0.15, 0.2) is 5.78 Å². The van der Waals surface area contributed by atoms with E-state index in [4.69, 9.17) is 10.2 Å². The monoisotopic (exact) mass is 1310 g/mol. The number of benzene rings is 2. The summed E-state index contributed by atoms with van der Waals surface area (Å²) in [6, 6.07) is 13.3. The van der Waals surface area contributed by atoms with E-state index >= 15 is 0 Å². The van der Waals surface area contributed by atoms with Gasteiger partial charge in [-0.15, -0.1) is 0 Å². The highest BCUT2D eigenvalue weighted by molar-refractivity contribution is 5.94. The van der Waals surface area contributed by atoms with E-state index in [0.717, 1.165) is 12.8 Å². The Bertz CT molecular complexity index is 2680. The number of carbonyl (C=O) groups is 13. The molecule has 93 heavy (non-hydrogen) atoms. The Balaban J connectivity index is 1.47. The van der Waals surface area contributed by atoms with Gasteiger partial charge in [0, 0.05) is 117 Å². The third-order valence-corrected chi connectivity index (χ3v) is 15.3. The van der Waals surface area contributed by atoms with Crippen molar-refractivity contribution in [2.45, 2.75) is 134 Å². The van der Waals surface area contributed by atoms with Crippen molar-refractivity contribution in [3.8, 4) is 0 Å². The molecule has 0 aliphatic carbocycles. The van der Waals surface area contributed by atoms with E-state index < -0.39 is 95.8 Å². The lowest BCUT2D eigenvalue weighted by Crippen LogP contribution is -2.50. The first-order valence-electron chi connectivity index (χ1n) is 31.7. The van der Waals surface area contributed by atoms with E-state index in [9.17, 15) is 82.8 Å². The molecule has 13 N–H and O–H groups in total. The van der Waals surface area contributed by atoms with E-state index in [1.165, 1.54) is 0 Å². The molecule has 4 atom stereocenters. The van der Waals surface area contributed by atoms with Crippen LogP contribution in [0.3, 0.4) is 0 Å². The van der Waals surface area contributed by atoms with Gasteiger partial charge < -0.3 is 67.9 Å². The minimum Gasteiger partial charge on any atom is -0.481 e.